The van der Waals surface area contributed by atoms with E-state index in [-0.39, 0.29) is 11.3 Å². The number of nitrogens with one attached hydrogen (secondary N) is 2. The molecule has 0 rings (SSSR count). The second-order valence-electron chi connectivity index (χ2n) is 8.01. The average Bonchev–Trinajstić information content (AvgIpc) is 2.48. The Morgan fingerprint density at radius 3 is 2.21 bits per heavy atom. The molecular weight excluding hydrogens is 296 g/mol. The molecule has 1 atom stereocenters. The number of hydrogen-bond donors (Lipinski definition) is 2. The van der Waals surface area contributed by atoms with Crippen molar-refractivity contribution in [3.63, 3.8) is 0 Å². The van der Waals surface area contributed by atoms with Crippen molar-refractivity contribution in [1.29, 1.82) is 0 Å². The zero-order valence-corrected chi connectivity index (χ0v) is 17.3. The molecule has 0 aromatic carbocycles. The van der Waals surface area contributed by atoms with Crippen LogP contribution in [0.5, 0.6) is 0 Å². The van der Waals surface area contributed by atoms with E-state index >= 15 is 0 Å². The molecule has 0 radical (unpaired) electrons. The molecule has 0 saturated heterocycles. The van der Waals surface area contributed by atoms with Crippen LogP contribution in [0, 0.1) is 5.41 Å². The molecule has 3 nitrogen and oxygen atoms in total. The minimum absolute atomic E-state index is 0.0140. The van der Waals surface area contributed by atoms with Gasteiger partial charge in [-0.15, -0.1) is 0 Å². The SMILES string of the molecule is CC/C=C(\CC)CNC(C)C/C(NC(=O)CC(C)(C)C)=C(/C)CC. The van der Waals surface area contributed by atoms with Crippen molar-refractivity contribution in [2.45, 2.75) is 93.5 Å². The molecule has 1 amide bonds. The lowest BCUT2D eigenvalue weighted by atomic mass is 9.92. The molecule has 0 aliphatic rings. The van der Waals surface area contributed by atoms with Gasteiger partial charge in [-0.05, 0) is 38.5 Å². The van der Waals surface area contributed by atoms with Crippen LogP contribution >= 0.6 is 0 Å². The van der Waals surface area contributed by atoms with Crippen LogP contribution in [-0.4, -0.2) is 18.5 Å². The Hall–Kier alpha value is -1.09. The molecule has 1 unspecified atom stereocenters. The van der Waals surface area contributed by atoms with E-state index in [1.54, 1.807) is 0 Å². The summed E-state index contributed by atoms with van der Waals surface area (Å²) in [5.74, 6) is 0.123. The Labute approximate surface area is 150 Å². The highest BCUT2D eigenvalue weighted by Crippen LogP contribution is 2.19. The molecule has 0 bridgehead atoms. The van der Waals surface area contributed by atoms with E-state index in [0.29, 0.717) is 12.5 Å². The van der Waals surface area contributed by atoms with Gasteiger partial charge in [-0.25, -0.2) is 0 Å². The van der Waals surface area contributed by atoms with Crippen LogP contribution in [0.25, 0.3) is 0 Å². The third-order valence-corrected chi connectivity index (χ3v) is 4.16. The smallest absolute Gasteiger partial charge is 0.224 e. The molecular formula is C21H40N2O. The van der Waals surface area contributed by atoms with E-state index < -0.39 is 0 Å². The molecule has 0 aliphatic carbocycles. The minimum atomic E-state index is 0.0140. The molecule has 0 aliphatic heterocycles. The van der Waals surface area contributed by atoms with Crippen LogP contribution in [0.2, 0.25) is 0 Å². The number of carbonyl (C=O) groups excluding carboxylic acids is 1. The fraction of sp³-hybridized carbons (Fsp3) is 0.762. The van der Waals surface area contributed by atoms with E-state index in [0.717, 1.165) is 37.9 Å². The van der Waals surface area contributed by atoms with Crippen LogP contribution < -0.4 is 10.6 Å². The molecule has 24 heavy (non-hydrogen) atoms. The minimum Gasteiger partial charge on any atom is -0.330 e. The molecule has 3 heteroatoms. The molecule has 0 heterocycles. The number of allylic oxidation sites excluding steroid dienone is 2. The van der Waals surface area contributed by atoms with Gasteiger partial charge in [0.2, 0.25) is 5.91 Å². The second-order valence-corrected chi connectivity index (χ2v) is 8.01. The Morgan fingerprint density at radius 1 is 1.12 bits per heavy atom. The van der Waals surface area contributed by atoms with Gasteiger partial charge in [0.05, 0.1) is 0 Å². The van der Waals surface area contributed by atoms with Crippen LogP contribution in [0.15, 0.2) is 22.9 Å². The molecule has 0 aromatic rings. The van der Waals surface area contributed by atoms with Crippen molar-refractivity contribution in [3.8, 4) is 0 Å². The third kappa shape index (κ3) is 10.6. The zero-order valence-electron chi connectivity index (χ0n) is 17.3. The summed E-state index contributed by atoms with van der Waals surface area (Å²) in [5.41, 5.74) is 3.83. The van der Waals surface area contributed by atoms with E-state index in [2.05, 4.69) is 72.1 Å². The lowest BCUT2D eigenvalue weighted by Crippen LogP contribution is -2.34. The van der Waals surface area contributed by atoms with Gasteiger partial charge in [0, 0.05) is 31.1 Å². The van der Waals surface area contributed by atoms with Crippen molar-refractivity contribution >= 4 is 5.91 Å². The maximum Gasteiger partial charge on any atom is 0.224 e. The molecule has 0 aromatic heterocycles. The molecule has 0 spiro atoms. The first-order chi connectivity index (χ1) is 11.1. The fourth-order valence-corrected chi connectivity index (χ4v) is 2.55. The zero-order chi connectivity index (χ0) is 18.8. The van der Waals surface area contributed by atoms with Gasteiger partial charge in [0.25, 0.3) is 0 Å². The molecule has 2 N–H and O–H groups in total. The number of amides is 1. The van der Waals surface area contributed by atoms with Gasteiger partial charge in [0.1, 0.15) is 0 Å². The predicted molar refractivity (Wildman–Crippen MR) is 106 cm³/mol. The Kier molecular flexibility index (Phi) is 10.9. The van der Waals surface area contributed by atoms with Crippen molar-refractivity contribution in [2.75, 3.05) is 6.54 Å². The van der Waals surface area contributed by atoms with E-state index in [1.165, 1.54) is 11.1 Å². The van der Waals surface area contributed by atoms with Crippen molar-refractivity contribution in [3.05, 3.63) is 22.9 Å². The van der Waals surface area contributed by atoms with Gasteiger partial charge < -0.3 is 10.6 Å². The van der Waals surface area contributed by atoms with Crippen molar-refractivity contribution < 1.29 is 4.79 Å². The van der Waals surface area contributed by atoms with E-state index in [9.17, 15) is 4.79 Å². The lowest BCUT2D eigenvalue weighted by Gasteiger charge is -2.22. The van der Waals surface area contributed by atoms with Crippen LogP contribution in [0.4, 0.5) is 0 Å². The maximum atomic E-state index is 12.3. The van der Waals surface area contributed by atoms with Crippen LogP contribution in [0.3, 0.4) is 0 Å². The van der Waals surface area contributed by atoms with Gasteiger partial charge in [-0.3, -0.25) is 4.79 Å². The summed E-state index contributed by atoms with van der Waals surface area (Å²) in [6.45, 7) is 18.0. The normalized spacial score (nSPS) is 15.1. The summed E-state index contributed by atoms with van der Waals surface area (Å²) >= 11 is 0. The maximum absolute atomic E-state index is 12.3. The molecule has 0 saturated carbocycles. The van der Waals surface area contributed by atoms with Crippen molar-refractivity contribution in [2.24, 2.45) is 5.41 Å². The fourth-order valence-electron chi connectivity index (χ4n) is 2.55. The first kappa shape index (κ1) is 22.9. The summed E-state index contributed by atoms with van der Waals surface area (Å²) < 4.78 is 0. The van der Waals surface area contributed by atoms with Crippen LogP contribution in [-0.2, 0) is 4.79 Å². The quantitative estimate of drug-likeness (QED) is 0.529. The monoisotopic (exact) mass is 336 g/mol. The standard InChI is InChI=1S/C21H40N2O/c1-9-12-18(11-3)15-22-17(5)13-19(16(4)10-2)23-20(24)14-21(6,7)8/h12,17,22H,9-11,13-15H2,1-8H3,(H,23,24)/b18-12+,19-16+. The van der Waals surface area contributed by atoms with Gasteiger partial charge in [-0.2, -0.15) is 0 Å². The number of hydrogen-bond acceptors (Lipinski definition) is 2. The number of carbonyl (C=O) groups is 1. The summed E-state index contributed by atoms with van der Waals surface area (Å²) in [7, 11) is 0. The first-order valence-electron chi connectivity index (χ1n) is 9.52. The Bertz CT molecular complexity index is 441. The van der Waals surface area contributed by atoms with Gasteiger partial charge >= 0.3 is 0 Å². The third-order valence-electron chi connectivity index (χ3n) is 4.16. The summed E-state index contributed by atoms with van der Waals surface area (Å²) in [6, 6.07) is 0.336. The van der Waals surface area contributed by atoms with Crippen LogP contribution in [0.1, 0.15) is 87.5 Å². The predicted octanol–water partition coefficient (Wildman–Crippen LogP) is 5.34. The van der Waals surface area contributed by atoms with Gasteiger partial charge in [-0.1, -0.05) is 58.8 Å². The highest BCUT2D eigenvalue weighted by atomic mass is 16.1. The second kappa shape index (κ2) is 11.5. The largest absolute Gasteiger partial charge is 0.330 e. The summed E-state index contributed by atoms with van der Waals surface area (Å²) in [4.78, 5) is 12.3. The first-order valence-corrected chi connectivity index (χ1v) is 9.52. The molecule has 0 fully saturated rings. The Morgan fingerprint density at radius 2 is 1.75 bits per heavy atom. The van der Waals surface area contributed by atoms with Gasteiger partial charge in [0.15, 0.2) is 0 Å². The number of rotatable bonds is 10. The topological polar surface area (TPSA) is 41.1 Å². The highest BCUT2D eigenvalue weighted by Gasteiger charge is 2.18. The molecule has 140 valence electrons. The van der Waals surface area contributed by atoms with E-state index in [1.807, 2.05) is 0 Å². The lowest BCUT2D eigenvalue weighted by molar-refractivity contribution is -0.122. The summed E-state index contributed by atoms with van der Waals surface area (Å²) in [6.07, 6.45) is 6.86. The van der Waals surface area contributed by atoms with Crippen molar-refractivity contribution in [1.82, 2.24) is 10.6 Å². The highest BCUT2D eigenvalue weighted by molar-refractivity contribution is 5.78. The van der Waals surface area contributed by atoms with E-state index in [4.69, 9.17) is 0 Å². The summed E-state index contributed by atoms with van der Waals surface area (Å²) in [5, 5.41) is 6.76. The average molecular weight is 337 g/mol. The Balaban J connectivity index is 4.75.